The van der Waals surface area contributed by atoms with Gasteiger partial charge in [0.15, 0.2) is 24.6 Å². The van der Waals surface area contributed by atoms with Gasteiger partial charge in [-0.05, 0) is 5.92 Å². The molecule has 1 aliphatic heterocycles. The van der Waals surface area contributed by atoms with Crippen LogP contribution in [-0.4, -0.2) is 87.4 Å². The van der Waals surface area contributed by atoms with Gasteiger partial charge in [-0.2, -0.15) is 0 Å². The Morgan fingerprint density at radius 1 is 1.04 bits per heavy atom. The predicted octanol–water partition coefficient (Wildman–Crippen LogP) is -3.13. The first-order valence-corrected chi connectivity index (χ1v) is 8.56. The number of halogens is 1. The molecule has 0 radical (unpaired) electrons. The maximum atomic E-state index is 11.5. The van der Waals surface area contributed by atoms with Crippen LogP contribution in [0.4, 0.5) is 0 Å². The molecule has 10 heteroatoms. The molecular weight excluding hydrogens is 485 g/mol. The van der Waals surface area contributed by atoms with Gasteiger partial charge < -0.3 is 52.1 Å². The van der Waals surface area contributed by atoms with Crippen molar-refractivity contribution in [3.63, 3.8) is 0 Å². The van der Waals surface area contributed by atoms with Gasteiger partial charge in [0.25, 0.3) is 0 Å². The van der Waals surface area contributed by atoms with Gasteiger partial charge in [-0.1, -0.05) is 0 Å². The molecule has 0 saturated carbocycles. The highest BCUT2D eigenvalue weighted by Gasteiger charge is 2.47. The number of ether oxygens (including phenoxy) is 5. The summed E-state index contributed by atoms with van der Waals surface area (Å²) in [4.78, 5) is 34.3. The third kappa shape index (κ3) is 9.18. The van der Waals surface area contributed by atoms with Gasteiger partial charge in [-0.3, -0.25) is 14.4 Å². The number of hydrogen-bond donors (Lipinski definition) is 0. The highest BCUT2D eigenvalue weighted by molar-refractivity contribution is 5.68. The van der Waals surface area contributed by atoms with E-state index in [9.17, 15) is 14.4 Å². The Bertz CT molecular complexity index is 589. The number of hydrogen-bond acceptors (Lipinski definition) is 8. The van der Waals surface area contributed by atoms with Crippen molar-refractivity contribution < 1.29 is 66.5 Å². The van der Waals surface area contributed by atoms with Gasteiger partial charge in [0.1, 0.15) is 13.1 Å². The molecule has 0 spiro atoms. The van der Waals surface area contributed by atoms with E-state index in [2.05, 4.69) is 5.92 Å². The summed E-state index contributed by atoms with van der Waals surface area (Å²) < 4.78 is 27.5. The SMILES string of the molecule is C#CC[N+](C)(C)CCOC1OC[C@H](OC(C)=O)[C@H](OC(C)=O)[C@H]1OC(C)=O.[I-]. The fourth-order valence-corrected chi connectivity index (χ4v) is 2.59. The second-order valence-electron chi connectivity index (χ2n) is 6.89. The van der Waals surface area contributed by atoms with E-state index in [1.165, 1.54) is 20.8 Å². The van der Waals surface area contributed by atoms with Gasteiger partial charge in [0.05, 0.1) is 27.3 Å². The summed E-state index contributed by atoms with van der Waals surface area (Å²) in [5.74, 6) is 0.801. The molecule has 0 amide bonds. The summed E-state index contributed by atoms with van der Waals surface area (Å²) in [6, 6.07) is 0. The predicted molar refractivity (Wildman–Crippen MR) is 93.0 cm³/mol. The zero-order chi connectivity index (χ0) is 20.6. The summed E-state index contributed by atoms with van der Waals surface area (Å²) in [5, 5.41) is 0. The number of esters is 3. The summed E-state index contributed by atoms with van der Waals surface area (Å²) in [5.41, 5.74) is 0. The first-order chi connectivity index (χ1) is 12.6. The third-order valence-electron chi connectivity index (χ3n) is 3.80. The molecule has 0 aromatic rings. The molecule has 0 aromatic heterocycles. The Labute approximate surface area is 182 Å². The van der Waals surface area contributed by atoms with Crippen molar-refractivity contribution in [3.8, 4) is 12.3 Å². The van der Waals surface area contributed by atoms with Gasteiger partial charge in [-0.15, -0.1) is 6.42 Å². The molecule has 1 rings (SSSR count). The Hall–Kier alpha value is -1.42. The van der Waals surface area contributed by atoms with E-state index in [-0.39, 0.29) is 37.2 Å². The molecule has 9 nitrogen and oxygen atoms in total. The van der Waals surface area contributed by atoms with E-state index in [0.717, 1.165) is 0 Å². The van der Waals surface area contributed by atoms with Crippen LogP contribution in [0.2, 0.25) is 0 Å². The van der Waals surface area contributed by atoms with Crippen molar-refractivity contribution in [1.82, 2.24) is 0 Å². The molecule has 0 N–H and O–H groups in total. The van der Waals surface area contributed by atoms with Crippen LogP contribution in [0.25, 0.3) is 0 Å². The third-order valence-corrected chi connectivity index (χ3v) is 3.80. The number of likely N-dealkylation sites (N-methyl/N-ethyl adjacent to an activating group) is 1. The average molecular weight is 513 g/mol. The van der Waals surface area contributed by atoms with Crippen molar-refractivity contribution >= 4 is 17.9 Å². The lowest BCUT2D eigenvalue weighted by Crippen LogP contribution is -3.00. The Balaban J connectivity index is 0.00000729. The molecule has 1 heterocycles. The molecular formula is C18H28INO8. The minimum atomic E-state index is -1.08. The smallest absolute Gasteiger partial charge is 0.303 e. The van der Waals surface area contributed by atoms with E-state index in [4.69, 9.17) is 30.1 Å². The van der Waals surface area contributed by atoms with Gasteiger partial charge >= 0.3 is 17.9 Å². The normalized spacial score (nSPS) is 24.3. The fourth-order valence-electron chi connectivity index (χ4n) is 2.59. The van der Waals surface area contributed by atoms with E-state index < -0.39 is 42.5 Å². The Kier molecular flexibility index (Phi) is 11.6. The summed E-state index contributed by atoms with van der Waals surface area (Å²) in [6.07, 6.45) is 1.34. The largest absolute Gasteiger partial charge is 1.00 e. The monoisotopic (exact) mass is 513 g/mol. The highest BCUT2D eigenvalue weighted by Crippen LogP contribution is 2.25. The van der Waals surface area contributed by atoms with Crippen LogP contribution < -0.4 is 24.0 Å². The van der Waals surface area contributed by atoms with E-state index >= 15 is 0 Å². The molecule has 0 aromatic carbocycles. The average Bonchev–Trinajstić information content (AvgIpc) is 2.50. The Morgan fingerprint density at radius 3 is 2.07 bits per heavy atom. The van der Waals surface area contributed by atoms with Gasteiger partial charge in [0.2, 0.25) is 0 Å². The van der Waals surface area contributed by atoms with Crippen LogP contribution in [0, 0.1) is 12.3 Å². The zero-order valence-corrected chi connectivity index (χ0v) is 19.0. The molecule has 1 unspecified atom stereocenters. The molecule has 1 saturated heterocycles. The molecule has 28 heavy (non-hydrogen) atoms. The second-order valence-corrected chi connectivity index (χ2v) is 6.89. The van der Waals surface area contributed by atoms with Crippen molar-refractivity contribution in [1.29, 1.82) is 0 Å². The van der Waals surface area contributed by atoms with Crippen LogP contribution in [0.3, 0.4) is 0 Å². The van der Waals surface area contributed by atoms with Crippen molar-refractivity contribution in [2.45, 2.75) is 45.4 Å². The highest BCUT2D eigenvalue weighted by atomic mass is 127. The minimum Gasteiger partial charge on any atom is -1.00 e. The summed E-state index contributed by atoms with van der Waals surface area (Å²) in [7, 11) is 3.90. The topological polar surface area (TPSA) is 97.4 Å². The molecule has 0 bridgehead atoms. The number of rotatable bonds is 8. The van der Waals surface area contributed by atoms with E-state index in [1.54, 1.807) is 0 Å². The van der Waals surface area contributed by atoms with E-state index in [0.29, 0.717) is 17.6 Å². The lowest BCUT2D eigenvalue weighted by molar-refractivity contribution is -0.883. The molecule has 1 fully saturated rings. The molecule has 160 valence electrons. The quantitative estimate of drug-likeness (QED) is 0.111. The van der Waals surface area contributed by atoms with Crippen molar-refractivity contribution in [2.75, 3.05) is 40.4 Å². The van der Waals surface area contributed by atoms with Crippen LogP contribution in [-0.2, 0) is 38.1 Å². The van der Waals surface area contributed by atoms with Crippen LogP contribution in [0.15, 0.2) is 0 Å². The Morgan fingerprint density at radius 2 is 1.57 bits per heavy atom. The number of quaternary nitrogens is 1. The maximum absolute atomic E-state index is 11.5. The first-order valence-electron chi connectivity index (χ1n) is 8.56. The molecule has 0 aliphatic carbocycles. The molecule has 1 aliphatic rings. The van der Waals surface area contributed by atoms with E-state index in [1.807, 2.05) is 14.1 Å². The van der Waals surface area contributed by atoms with Crippen molar-refractivity contribution in [2.24, 2.45) is 0 Å². The summed E-state index contributed by atoms with van der Waals surface area (Å²) in [6.45, 7) is 4.95. The zero-order valence-electron chi connectivity index (χ0n) is 16.8. The van der Waals surface area contributed by atoms with Gasteiger partial charge in [-0.25, -0.2) is 0 Å². The van der Waals surface area contributed by atoms with Crippen LogP contribution >= 0.6 is 0 Å². The van der Waals surface area contributed by atoms with Gasteiger partial charge in [0, 0.05) is 20.8 Å². The number of carbonyl (C=O) groups excluding carboxylic acids is 3. The van der Waals surface area contributed by atoms with Crippen LogP contribution in [0.5, 0.6) is 0 Å². The lowest BCUT2D eigenvalue weighted by Gasteiger charge is -2.40. The van der Waals surface area contributed by atoms with Crippen molar-refractivity contribution in [3.05, 3.63) is 0 Å². The number of nitrogens with zero attached hydrogens (tertiary/aromatic N) is 1. The maximum Gasteiger partial charge on any atom is 0.303 e. The second kappa shape index (κ2) is 12.2. The summed E-state index contributed by atoms with van der Waals surface area (Å²) >= 11 is 0. The number of terminal acetylenes is 1. The lowest BCUT2D eigenvalue weighted by atomic mass is 10.0. The molecule has 4 atom stereocenters. The first kappa shape index (κ1) is 26.6. The van der Waals surface area contributed by atoms with Crippen LogP contribution in [0.1, 0.15) is 20.8 Å². The standard InChI is InChI=1S/C18H28NO8.HI/c1-7-8-19(5,6)9-10-23-18-17(27-14(4)22)16(26-13(3)21)15(11-24-18)25-12(2)20;/h1,15-18H,8-11H2,2-6H3;1H/q+1;/p-1/t15-,16-,17+,18?;/m0./s1. The minimum absolute atomic E-state index is 0. The fraction of sp³-hybridized carbons (Fsp3) is 0.722. The number of carbonyl (C=O) groups is 3.